The van der Waals surface area contributed by atoms with Gasteiger partial charge < -0.3 is 14.9 Å². The quantitative estimate of drug-likeness (QED) is 0.751. The van der Waals surface area contributed by atoms with Crippen LogP contribution in [-0.2, 0) is 10.0 Å². The van der Waals surface area contributed by atoms with E-state index in [0.29, 0.717) is 10.9 Å². The van der Waals surface area contributed by atoms with Gasteiger partial charge in [0.2, 0.25) is 0 Å². The molecular formula is C16H12FN2O4S-. The molecule has 0 amide bonds. The maximum Gasteiger partial charge on any atom is 0.261 e. The molecule has 0 aliphatic carbocycles. The molecule has 124 valence electrons. The van der Waals surface area contributed by atoms with Gasteiger partial charge in [-0.2, -0.15) is 0 Å². The number of halogens is 1. The molecule has 0 unspecified atom stereocenters. The average molecular weight is 347 g/mol. The van der Waals surface area contributed by atoms with E-state index < -0.39 is 21.8 Å². The summed E-state index contributed by atoms with van der Waals surface area (Å²) in [6.45, 7) is 1.80. The van der Waals surface area contributed by atoms with Crippen LogP contribution in [-0.4, -0.2) is 19.4 Å². The zero-order chi connectivity index (χ0) is 17.5. The van der Waals surface area contributed by atoms with Gasteiger partial charge in [-0.1, -0.05) is 11.6 Å². The van der Waals surface area contributed by atoms with E-state index in [2.05, 4.69) is 9.71 Å². The van der Waals surface area contributed by atoms with Gasteiger partial charge in [-0.05, 0) is 43.3 Å². The zero-order valence-electron chi connectivity index (χ0n) is 12.5. The number of carboxylic acid groups (broad SMARTS) is 1. The van der Waals surface area contributed by atoms with E-state index in [0.717, 1.165) is 29.8 Å². The first-order valence-electron chi connectivity index (χ1n) is 6.90. The number of carbonyl (C=O) groups is 1. The highest BCUT2D eigenvalue weighted by Gasteiger charge is 2.20. The molecule has 2 N–H and O–H groups in total. The number of nitrogens with one attached hydrogen (secondary N) is 2. The van der Waals surface area contributed by atoms with E-state index in [4.69, 9.17) is 0 Å². The van der Waals surface area contributed by atoms with E-state index in [-0.39, 0.29) is 16.3 Å². The highest BCUT2D eigenvalue weighted by Crippen LogP contribution is 2.30. The lowest BCUT2D eigenvalue weighted by Gasteiger charge is -2.10. The van der Waals surface area contributed by atoms with Crippen molar-refractivity contribution in [1.82, 2.24) is 4.98 Å². The van der Waals surface area contributed by atoms with Crippen LogP contribution in [0.25, 0.3) is 10.9 Å². The summed E-state index contributed by atoms with van der Waals surface area (Å²) in [5, 5.41) is 11.7. The van der Waals surface area contributed by atoms with E-state index >= 15 is 0 Å². The van der Waals surface area contributed by atoms with Crippen molar-refractivity contribution in [3.8, 4) is 0 Å². The number of rotatable bonds is 4. The van der Waals surface area contributed by atoms with Crippen molar-refractivity contribution < 1.29 is 22.7 Å². The molecule has 8 heteroatoms. The third kappa shape index (κ3) is 2.83. The Balaban J connectivity index is 2.14. The van der Waals surface area contributed by atoms with Gasteiger partial charge in [-0.15, -0.1) is 0 Å². The molecule has 1 aromatic heterocycles. The number of benzene rings is 2. The highest BCUT2D eigenvalue weighted by molar-refractivity contribution is 7.92. The fraction of sp³-hybridized carbons (Fsp3) is 0.0625. The molecule has 0 saturated carbocycles. The molecule has 3 rings (SSSR count). The molecule has 3 aromatic rings. The minimum absolute atomic E-state index is 0.113. The number of aryl methyl sites for hydroxylation is 1. The van der Waals surface area contributed by atoms with Gasteiger partial charge >= 0.3 is 0 Å². The van der Waals surface area contributed by atoms with Crippen LogP contribution in [0.15, 0.2) is 47.4 Å². The predicted molar refractivity (Wildman–Crippen MR) is 84.6 cm³/mol. The third-order valence-corrected chi connectivity index (χ3v) is 4.88. The molecule has 0 atom stereocenters. The topological polar surface area (TPSA) is 102 Å². The number of hydrogen-bond donors (Lipinski definition) is 2. The minimum atomic E-state index is -4.09. The second-order valence-corrected chi connectivity index (χ2v) is 6.95. The molecular weight excluding hydrogens is 335 g/mol. The number of fused-ring (bicyclic) bond motifs is 1. The van der Waals surface area contributed by atoms with Gasteiger partial charge in [0.05, 0.1) is 22.2 Å². The van der Waals surface area contributed by atoms with E-state index in [1.54, 1.807) is 25.1 Å². The Morgan fingerprint density at radius 1 is 1.17 bits per heavy atom. The number of carbonyl (C=O) groups excluding carboxylic acids is 1. The number of sulfonamides is 1. The van der Waals surface area contributed by atoms with E-state index in [9.17, 15) is 22.7 Å². The lowest BCUT2D eigenvalue weighted by molar-refractivity contribution is -0.255. The van der Waals surface area contributed by atoms with Gasteiger partial charge in [-0.3, -0.25) is 4.72 Å². The van der Waals surface area contributed by atoms with Crippen LogP contribution in [0.2, 0.25) is 0 Å². The number of aromatic carboxylic acids is 1. The van der Waals surface area contributed by atoms with Crippen molar-refractivity contribution in [2.24, 2.45) is 0 Å². The Labute approximate surface area is 137 Å². The lowest BCUT2D eigenvalue weighted by atomic mass is 10.1. The van der Waals surface area contributed by atoms with Crippen molar-refractivity contribution in [2.45, 2.75) is 11.8 Å². The maximum absolute atomic E-state index is 13.0. The average Bonchev–Trinajstić information content (AvgIpc) is 2.85. The summed E-state index contributed by atoms with van der Waals surface area (Å²) in [5.41, 5.74) is 0.796. The first-order valence-corrected chi connectivity index (χ1v) is 8.38. The molecule has 24 heavy (non-hydrogen) atoms. The third-order valence-electron chi connectivity index (χ3n) is 3.52. The SMILES string of the molecule is Cc1ccc2[nH]c(C(=O)[O-])c(NS(=O)(=O)c3ccc(F)cc3)c2c1. The number of H-pyrrole nitrogens is 1. The Hall–Kier alpha value is -2.87. The predicted octanol–water partition coefficient (Wildman–Crippen LogP) is 1.78. The van der Waals surface area contributed by atoms with Gasteiger partial charge in [-0.25, -0.2) is 12.8 Å². The van der Waals surface area contributed by atoms with Crippen LogP contribution >= 0.6 is 0 Å². The summed E-state index contributed by atoms with van der Waals surface area (Å²) in [7, 11) is -4.09. The summed E-state index contributed by atoms with van der Waals surface area (Å²) in [6, 6.07) is 9.26. The van der Waals surface area contributed by atoms with Crippen LogP contribution in [0.5, 0.6) is 0 Å². The molecule has 2 aromatic carbocycles. The second-order valence-electron chi connectivity index (χ2n) is 5.27. The molecule has 0 bridgehead atoms. The van der Waals surface area contributed by atoms with E-state index in [1.807, 2.05) is 0 Å². The fourth-order valence-electron chi connectivity index (χ4n) is 2.37. The highest BCUT2D eigenvalue weighted by atomic mass is 32.2. The normalized spacial score (nSPS) is 11.6. The zero-order valence-corrected chi connectivity index (χ0v) is 13.3. The number of aromatic amines is 1. The van der Waals surface area contributed by atoms with Crippen molar-refractivity contribution in [1.29, 1.82) is 0 Å². The Bertz CT molecular complexity index is 1040. The summed E-state index contributed by atoms with van der Waals surface area (Å²) < 4.78 is 40.1. The summed E-state index contributed by atoms with van der Waals surface area (Å²) >= 11 is 0. The Kier molecular flexibility index (Phi) is 3.76. The van der Waals surface area contributed by atoms with Crippen LogP contribution in [0, 0.1) is 12.7 Å². The number of hydrogen-bond acceptors (Lipinski definition) is 4. The summed E-state index contributed by atoms with van der Waals surface area (Å²) in [6.07, 6.45) is 0. The number of carboxylic acids is 1. The Morgan fingerprint density at radius 3 is 2.46 bits per heavy atom. The molecule has 0 spiro atoms. The first-order chi connectivity index (χ1) is 11.3. The van der Waals surface area contributed by atoms with Crippen molar-refractivity contribution in [2.75, 3.05) is 4.72 Å². The molecule has 0 aliphatic heterocycles. The smallest absolute Gasteiger partial charge is 0.261 e. The van der Waals surface area contributed by atoms with Crippen molar-refractivity contribution in [3.63, 3.8) is 0 Å². The van der Waals surface area contributed by atoms with Crippen LogP contribution < -0.4 is 9.83 Å². The minimum Gasteiger partial charge on any atom is -0.543 e. The standard InChI is InChI=1S/C16H13FN2O4S/c1-9-2-7-13-12(8-9)14(15(18-13)16(20)21)19-24(22,23)11-5-3-10(17)4-6-11/h2-8,18-19H,1H3,(H,20,21)/p-1. The monoisotopic (exact) mass is 347 g/mol. The second kappa shape index (κ2) is 5.64. The van der Waals surface area contributed by atoms with Crippen molar-refractivity contribution >= 4 is 32.6 Å². The van der Waals surface area contributed by atoms with Crippen LogP contribution in [0.1, 0.15) is 16.1 Å². The Morgan fingerprint density at radius 2 is 1.83 bits per heavy atom. The fourth-order valence-corrected chi connectivity index (χ4v) is 3.46. The van der Waals surface area contributed by atoms with Crippen molar-refractivity contribution in [3.05, 3.63) is 59.5 Å². The molecule has 6 nitrogen and oxygen atoms in total. The van der Waals surface area contributed by atoms with Gasteiger partial charge in [0.25, 0.3) is 10.0 Å². The van der Waals surface area contributed by atoms with Crippen LogP contribution in [0.4, 0.5) is 10.1 Å². The van der Waals surface area contributed by atoms with Gasteiger partial charge in [0, 0.05) is 10.9 Å². The first kappa shape index (κ1) is 16.0. The summed E-state index contributed by atoms with van der Waals surface area (Å²) in [5.74, 6) is -2.12. The number of anilines is 1. The molecule has 0 saturated heterocycles. The molecule has 1 heterocycles. The molecule has 0 fully saturated rings. The maximum atomic E-state index is 13.0. The van der Waals surface area contributed by atoms with E-state index in [1.165, 1.54) is 0 Å². The lowest BCUT2D eigenvalue weighted by Crippen LogP contribution is -2.25. The molecule has 0 radical (unpaired) electrons. The summed E-state index contributed by atoms with van der Waals surface area (Å²) in [4.78, 5) is 13.8. The number of aromatic nitrogens is 1. The largest absolute Gasteiger partial charge is 0.543 e. The molecule has 0 aliphatic rings. The van der Waals surface area contributed by atoms with Gasteiger partial charge in [0.15, 0.2) is 0 Å². The van der Waals surface area contributed by atoms with Crippen LogP contribution in [0.3, 0.4) is 0 Å². The van der Waals surface area contributed by atoms with Gasteiger partial charge in [0.1, 0.15) is 5.82 Å².